The molecule has 0 radical (unpaired) electrons. The summed E-state index contributed by atoms with van der Waals surface area (Å²) in [5, 5.41) is 18.5. The van der Waals surface area contributed by atoms with Crippen molar-refractivity contribution < 1.29 is 24.5 Å². The zero-order chi connectivity index (χ0) is 16.5. The topological polar surface area (TPSA) is 76.0 Å². The maximum atomic E-state index is 11.7. The van der Waals surface area contributed by atoms with E-state index in [1.165, 1.54) is 12.5 Å². The average molecular weight is 324 g/mol. The molecule has 130 valence electrons. The van der Waals surface area contributed by atoms with Crippen LogP contribution in [0.4, 0.5) is 0 Å². The maximum Gasteiger partial charge on any atom is 0.330 e. The minimum atomic E-state index is -0.610. The third-order valence-electron chi connectivity index (χ3n) is 5.79. The predicted octanol–water partition coefficient (Wildman–Crippen LogP) is 1.81. The van der Waals surface area contributed by atoms with Gasteiger partial charge < -0.3 is 19.7 Å². The zero-order valence-corrected chi connectivity index (χ0v) is 13.7. The highest BCUT2D eigenvalue weighted by atomic mass is 16.6. The maximum absolute atomic E-state index is 11.7. The Hall–Kier alpha value is -0.910. The van der Waals surface area contributed by atoms with Crippen molar-refractivity contribution in [3.8, 4) is 0 Å². The molecule has 0 spiro atoms. The quantitative estimate of drug-likeness (QED) is 0.526. The van der Waals surface area contributed by atoms with Crippen molar-refractivity contribution in [2.45, 2.75) is 56.7 Å². The molecule has 4 aliphatic rings. The summed E-state index contributed by atoms with van der Waals surface area (Å²) in [5.41, 5.74) is -0.257. The summed E-state index contributed by atoms with van der Waals surface area (Å²) in [6.45, 7) is 4.36. The van der Waals surface area contributed by atoms with Crippen LogP contribution in [0, 0.1) is 17.3 Å². The number of hydrogen-bond donors (Lipinski definition) is 2. The van der Waals surface area contributed by atoms with Crippen molar-refractivity contribution in [1.82, 2.24) is 0 Å². The first-order valence-corrected chi connectivity index (χ1v) is 8.70. The van der Waals surface area contributed by atoms with Crippen molar-refractivity contribution in [3.05, 3.63) is 12.7 Å². The highest BCUT2D eigenvalue weighted by Crippen LogP contribution is 2.62. The molecule has 0 saturated heterocycles. The Morgan fingerprint density at radius 2 is 2.00 bits per heavy atom. The van der Waals surface area contributed by atoms with Crippen LogP contribution in [-0.4, -0.2) is 47.7 Å². The fourth-order valence-corrected chi connectivity index (χ4v) is 5.55. The largest absolute Gasteiger partial charge is 0.456 e. The number of aliphatic hydroxyl groups excluding tert-OH is 2. The molecule has 4 saturated carbocycles. The zero-order valence-electron chi connectivity index (χ0n) is 13.7. The van der Waals surface area contributed by atoms with Gasteiger partial charge in [0.1, 0.15) is 5.60 Å². The van der Waals surface area contributed by atoms with Crippen molar-refractivity contribution in [1.29, 1.82) is 0 Å². The van der Waals surface area contributed by atoms with Crippen LogP contribution < -0.4 is 0 Å². The van der Waals surface area contributed by atoms with Gasteiger partial charge in [0.15, 0.2) is 0 Å². The van der Waals surface area contributed by atoms with E-state index in [0.717, 1.165) is 32.1 Å². The minimum Gasteiger partial charge on any atom is -0.456 e. The molecule has 0 aliphatic heterocycles. The normalized spacial score (nSPS) is 39.2. The summed E-state index contributed by atoms with van der Waals surface area (Å²) in [5.74, 6) is 0.904. The van der Waals surface area contributed by atoms with Crippen molar-refractivity contribution >= 4 is 5.97 Å². The van der Waals surface area contributed by atoms with Crippen LogP contribution in [0.15, 0.2) is 12.7 Å². The van der Waals surface area contributed by atoms with E-state index in [2.05, 4.69) is 6.58 Å². The number of rotatable bonds is 8. The Morgan fingerprint density at radius 3 is 2.61 bits per heavy atom. The molecule has 4 aliphatic carbocycles. The van der Waals surface area contributed by atoms with E-state index in [1.54, 1.807) is 0 Å². The molecule has 0 amide bonds. The lowest BCUT2D eigenvalue weighted by Crippen LogP contribution is -2.58. The summed E-state index contributed by atoms with van der Waals surface area (Å²) in [4.78, 5) is 11.7. The number of carbonyl (C=O) groups excluding carboxylic acids is 1. The number of aliphatic hydroxyl groups is 2. The third kappa shape index (κ3) is 3.62. The van der Waals surface area contributed by atoms with Gasteiger partial charge in [0, 0.05) is 12.7 Å². The smallest absolute Gasteiger partial charge is 0.330 e. The molecule has 3 atom stereocenters. The standard InChI is InChI=1S/C18H28O5/c1-2-16(21)23-18-8-13-5-14(9-18)7-17(6-13,11-18)12-22-10-15(20)3-4-19/h2,13-15,19-20H,1,3-12H2. The first-order chi connectivity index (χ1) is 11.0. The Morgan fingerprint density at radius 1 is 1.30 bits per heavy atom. The van der Waals surface area contributed by atoms with Gasteiger partial charge in [-0.3, -0.25) is 0 Å². The number of hydrogen-bond acceptors (Lipinski definition) is 5. The summed E-state index contributed by atoms with van der Waals surface area (Å²) in [7, 11) is 0. The lowest BCUT2D eigenvalue weighted by Gasteiger charge is -2.61. The Balaban J connectivity index is 1.63. The van der Waals surface area contributed by atoms with Gasteiger partial charge in [-0.1, -0.05) is 6.58 Å². The van der Waals surface area contributed by atoms with Crippen molar-refractivity contribution in [2.75, 3.05) is 19.8 Å². The first-order valence-electron chi connectivity index (χ1n) is 8.70. The van der Waals surface area contributed by atoms with Crippen LogP contribution in [0.2, 0.25) is 0 Å². The Bertz CT molecular complexity index is 446. The van der Waals surface area contributed by atoms with Gasteiger partial charge in [-0.05, 0) is 62.2 Å². The van der Waals surface area contributed by atoms with Gasteiger partial charge in [0.25, 0.3) is 0 Å². The van der Waals surface area contributed by atoms with E-state index in [-0.39, 0.29) is 30.2 Å². The Kier molecular flexibility index (Phi) is 4.81. The molecule has 0 aromatic carbocycles. The van der Waals surface area contributed by atoms with Crippen molar-refractivity contribution in [3.63, 3.8) is 0 Å². The van der Waals surface area contributed by atoms with Gasteiger partial charge in [0.2, 0.25) is 0 Å². The van der Waals surface area contributed by atoms with Gasteiger partial charge >= 0.3 is 5.97 Å². The van der Waals surface area contributed by atoms with E-state index in [1.807, 2.05) is 0 Å². The molecule has 3 unspecified atom stereocenters. The molecule has 0 aromatic rings. The van der Waals surface area contributed by atoms with E-state index in [0.29, 0.717) is 24.9 Å². The predicted molar refractivity (Wildman–Crippen MR) is 84.7 cm³/mol. The monoisotopic (exact) mass is 324 g/mol. The molecule has 0 heterocycles. The number of esters is 1. The lowest BCUT2D eigenvalue weighted by molar-refractivity contribution is -0.206. The summed E-state index contributed by atoms with van der Waals surface area (Å²) >= 11 is 0. The fraction of sp³-hybridized carbons (Fsp3) is 0.833. The molecule has 4 rings (SSSR count). The van der Waals surface area contributed by atoms with Crippen LogP contribution in [-0.2, 0) is 14.3 Å². The first kappa shape index (κ1) is 16.9. The van der Waals surface area contributed by atoms with Crippen LogP contribution >= 0.6 is 0 Å². The molecule has 5 heteroatoms. The summed E-state index contributed by atoms with van der Waals surface area (Å²) in [6.07, 6.45) is 7.30. The Labute approximate surface area is 137 Å². The van der Waals surface area contributed by atoms with Gasteiger partial charge in [-0.2, -0.15) is 0 Å². The van der Waals surface area contributed by atoms with E-state index < -0.39 is 6.10 Å². The second kappa shape index (κ2) is 6.54. The van der Waals surface area contributed by atoms with Gasteiger partial charge in [0.05, 0.1) is 19.3 Å². The molecule has 4 bridgehead atoms. The summed E-state index contributed by atoms with van der Waals surface area (Å²) < 4.78 is 11.6. The van der Waals surface area contributed by atoms with Crippen molar-refractivity contribution in [2.24, 2.45) is 17.3 Å². The van der Waals surface area contributed by atoms with Crippen LogP contribution in [0.1, 0.15) is 44.9 Å². The summed E-state index contributed by atoms with van der Waals surface area (Å²) in [6, 6.07) is 0. The SMILES string of the molecule is C=CC(=O)OC12CC3CC(CC(COCC(O)CCO)(C3)C1)C2. The van der Waals surface area contributed by atoms with Gasteiger partial charge in [-0.15, -0.1) is 0 Å². The van der Waals surface area contributed by atoms with Crippen LogP contribution in [0.3, 0.4) is 0 Å². The number of ether oxygens (including phenoxy) is 2. The molecular weight excluding hydrogens is 296 g/mol. The molecule has 4 fully saturated rings. The van der Waals surface area contributed by atoms with E-state index in [4.69, 9.17) is 14.6 Å². The second-order valence-corrected chi connectivity index (χ2v) is 7.95. The van der Waals surface area contributed by atoms with Crippen LogP contribution in [0.5, 0.6) is 0 Å². The molecule has 0 aromatic heterocycles. The average Bonchev–Trinajstić information content (AvgIpc) is 2.45. The fourth-order valence-electron chi connectivity index (χ4n) is 5.55. The molecular formula is C18H28O5. The molecule has 23 heavy (non-hydrogen) atoms. The molecule has 5 nitrogen and oxygen atoms in total. The lowest BCUT2D eigenvalue weighted by atomic mass is 9.48. The van der Waals surface area contributed by atoms with E-state index >= 15 is 0 Å². The minimum absolute atomic E-state index is 0.0273. The highest BCUT2D eigenvalue weighted by Gasteiger charge is 2.59. The third-order valence-corrected chi connectivity index (χ3v) is 5.79. The van der Waals surface area contributed by atoms with E-state index in [9.17, 15) is 9.90 Å². The molecule has 2 N–H and O–H groups in total. The van der Waals surface area contributed by atoms with Crippen LogP contribution in [0.25, 0.3) is 0 Å². The number of carbonyl (C=O) groups is 1. The highest BCUT2D eigenvalue weighted by molar-refractivity contribution is 5.81. The second-order valence-electron chi connectivity index (χ2n) is 7.95. The van der Waals surface area contributed by atoms with Gasteiger partial charge in [-0.25, -0.2) is 4.79 Å².